The van der Waals surface area contributed by atoms with Crippen molar-refractivity contribution in [3.63, 3.8) is 0 Å². The van der Waals surface area contributed by atoms with E-state index in [1.54, 1.807) is 30.4 Å². The van der Waals surface area contributed by atoms with Gasteiger partial charge in [-0.2, -0.15) is 0 Å². The number of ether oxygens (including phenoxy) is 1. The number of thiophene rings is 1. The SMILES string of the molecule is Cc1ccc(NC(=O)COc2ccc(C=CC(=O)c3cccs3)cc2)cc1. The van der Waals surface area contributed by atoms with E-state index in [9.17, 15) is 9.59 Å². The molecule has 0 aliphatic rings. The molecular weight excluding hydrogens is 358 g/mol. The van der Waals surface area contributed by atoms with Crippen LogP contribution >= 0.6 is 11.3 Å². The maximum Gasteiger partial charge on any atom is 0.262 e. The van der Waals surface area contributed by atoms with Gasteiger partial charge in [0.1, 0.15) is 5.75 Å². The van der Waals surface area contributed by atoms with Gasteiger partial charge in [0.05, 0.1) is 4.88 Å². The summed E-state index contributed by atoms with van der Waals surface area (Å²) < 4.78 is 5.50. The van der Waals surface area contributed by atoms with Gasteiger partial charge in [0.15, 0.2) is 12.4 Å². The second kappa shape index (κ2) is 8.96. The fraction of sp³-hybridized carbons (Fsp3) is 0.0909. The van der Waals surface area contributed by atoms with Gasteiger partial charge in [0, 0.05) is 5.69 Å². The molecule has 0 aliphatic carbocycles. The van der Waals surface area contributed by atoms with Gasteiger partial charge >= 0.3 is 0 Å². The fourth-order valence-corrected chi connectivity index (χ4v) is 2.98. The van der Waals surface area contributed by atoms with Crippen molar-refractivity contribution < 1.29 is 14.3 Å². The summed E-state index contributed by atoms with van der Waals surface area (Å²) in [5.74, 6) is 0.360. The maximum atomic E-state index is 11.9. The Bertz CT molecular complexity index is 927. The predicted molar refractivity (Wildman–Crippen MR) is 109 cm³/mol. The first-order valence-corrected chi connectivity index (χ1v) is 9.33. The van der Waals surface area contributed by atoms with Crippen LogP contribution in [0.25, 0.3) is 6.08 Å². The van der Waals surface area contributed by atoms with Crippen LogP contribution < -0.4 is 10.1 Å². The number of aryl methyl sites for hydroxylation is 1. The number of allylic oxidation sites excluding steroid dienone is 1. The third-order valence-corrected chi connectivity index (χ3v) is 4.66. The molecule has 5 heteroatoms. The van der Waals surface area contributed by atoms with E-state index in [4.69, 9.17) is 4.74 Å². The Morgan fingerprint density at radius 1 is 1.04 bits per heavy atom. The summed E-state index contributed by atoms with van der Waals surface area (Å²) in [7, 11) is 0. The largest absolute Gasteiger partial charge is 0.484 e. The number of carbonyl (C=O) groups is 2. The molecule has 0 saturated carbocycles. The van der Waals surface area contributed by atoms with E-state index in [2.05, 4.69) is 5.32 Å². The molecule has 1 amide bonds. The Morgan fingerprint density at radius 3 is 2.44 bits per heavy atom. The fourth-order valence-electron chi connectivity index (χ4n) is 2.33. The lowest BCUT2D eigenvalue weighted by Crippen LogP contribution is -2.20. The smallest absolute Gasteiger partial charge is 0.262 e. The van der Waals surface area contributed by atoms with Crippen molar-refractivity contribution in [3.8, 4) is 5.75 Å². The van der Waals surface area contributed by atoms with Crippen LogP contribution in [-0.2, 0) is 4.79 Å². The summed E-state index contributed by atoms with van der Waals surface area (Å²) in [6, 6.07) is 18.5. The highest BCUT2D eigenvalue weighted by Crippen LogP contribution is 2.15. The lowest BCUT2D eigenvalue weighted by atomic mass is 10.2. The molecule has 0 atom stereocenters. The van der Waals surface area contributed by atoms with Crippen LogP contribution in [0.1, 0.15) is 20.8 Å². The summed E-state index contributed by atoms with van der Waals surface area (Å²) in [5, 5.41) is 4.66. The predicted octanol–water partition coefficient (Wildman–Crippen LogP) is 4.97. The minimum atomic E-state index is -0.218. The molecule has 1 aromatic heterocycles. The number of amides is 1. The van der Waals surface area contributed by atoms with Crippen LogP contribution in [0.4, 0.5) is 5.69 Å². The number of hydrogen-bond acceptors (Lipinski definition) is 4. The van der Waals surface area contributed by atoms with Gasteiger partial charge < -0.3 is 10.1 Å². The van der Waals surface area contributed by atoms with Crippen LogP contribution in [0.3, 0.4) is 0 Å². The maximum absolute atomic E-state index is 11.9. The third-order valence-electron chi connectivity index (χ3n) is 3.78. The average Bonchev–Trinajstić information content (AvgIpc) is 3.22. The summed E-state index contributed by atoms with van der Waals surface area (Å²) in [6.45, 7) is 1.92. The van der Waals surface area contributed by atoms with Gasteiger partial charge in [-0.25, -0.2) is 0 Å². The van der Waals surface area contributed by atoms with Gasteiger partial charge in [-0.3, -0.25) is 9.59 Å². The van der Waals surface area contributed by atoms with Gasteiger partial charge in [0.25, 0.3) is 5.91 Å². The Hall–Kier alpha value is -3.18. The molecule has 4 nitrogen and oxygen atoms in total. The van der Waals surface area contributed by atoms with E-state index in [1.807, 2.05) is 54.8 Å². The zero-order valence-corrected chi connectivity index (χ0v) is 15.7. The van der Waals surface area contributed by atoms with Crippen molar-refractivity contribution in [2.45, 2.75) is 6.92 Å². The zero-order valence-electron chi connectivity index (χ0n) is 14.8. The lowest BCUT2D eigenvalue weighted by Gasteiger charge is -2.08. The van der Waals surface area contributed by atoms with Crippen molar-refractivity contribution in [2.75, 3.05) is 11.9 Å². The van der Waals surface area contributed by atoms with Crippen molar-refractivity contribution >= 4 is 34.8 Å². The Kier molecular flexibility index (Phi) is 6.18. The minimum absolute atomic E-state index is 0.0156. The minimum Gasteiger partial charge on any atom is -0.484 e. The molecular formula is C22H19NO3S. The molecule has 3 rings (SSSR count). The standard InChI is InChI=1S/C22H19NO3S/c1-16-4-9-18(10-5-16)23-22(25)15-26-19-11-6-17(7-12-19)8-13-20(24)21-3-2-14-27-21/h2-14H,15H2,1H3,(H,23,25). The molecule has 0 spiro atoms. The number of nitrogens with one attached hydrogen (secondary N) is 1. The molecule has 0 fully saturated rings. The van der Waals surface area contributed by atoms with Crippen LogP contribution in [0.15, 0.2) is 72.1 Å². The topological polar surface area (TPSA) is 55.4 Å². The quantitative estimate of drug-likeness (QED) is 0.467. The molecule has 27 heavy (non-hydrogen) atoms. The second-order valence-corrected chi connectivity index (χ2v) is 6.89. The molecule has 1 N–H and O–H groups in total. The molecule has 0 unspecified atom stereocenters. The highest BCUT2D eigenvalue weighted by Gasteiger charge is 2.04. The molecule has 0 saturated heterocycles. The Morgan fingerprint density at radius 2 is 1.78 bits per heavy atom. The molecule has 136 valence electrons. The molecule has 0 bridgehead atoms. The van der Waals surface area contributed by atoms with Crippen LogP contribution in [0, 0.1) is 6.92 Å². The monoisotopic (exact) mass is 377 g/mol. The Labute approximate surface area is 162 Å². The van der Waals surface area contributed by atoms with Crippen LogP contribution in [0.5, 0.6) is 5.75 Å². The zero-order chi connectivity index (χ0) is 19.1. The van der Waals surface area contributed by atoms with Crippen molar-refractivity contribution in [2.24, 2.45) is 0 Å². The van der Waals surface area contributed by atoms with Gasteiger partial charge in [-0.15, -0.1) is 11.3 Å². The Balaban J connectivity index is 1.49. The first-order chi connectivity index (χ1) is 13.1. The van der Waals surface area contributed by atoms with E-state index >= 15 is 0 Å². The third kappa shape index (κ3) is 5.66. The summed E-state index contributed by atoms with van der Waals surface area (Å²) in [4.78, 5) is 24.6. The summed E-state index contributed by atoms with van der Waals surface area (Å²) in [5.41, 5.74) is 2.76. The average molecular weight is 377 g/mol. The van der Waals surface area contributed by atoms with E-state index in [1.165, 1.54) is 11.3 Å². The summed E-state index contributed by atoms with van der Waals surface area (Å²) >= 11 is 1.42. The molecule has 2 aromatic carbocycles. The van der Waals surface area contributed by atoms with Crippen LogP contribution in [-0.4, -0.2) is 18.3 Å². The molecule has 0 radical (unpaired) electrons. The highest BCUT2D eigenvalue weighted by molar-refractivity contribution is 7.12. The lowest BCUT2D eigenvalue weighted by molar-refractivity contribution is -0.118. The van der Waals surface area contributed by atoms with E-state index in [0.29, 0.717) is 10.6 Å². The normalized spacial score (nSPS) is 10.7. The van der Waals surface area contributed by atoms with Gasteiger partial charge in [0.2, 0.25) is 0 Å². The highest BCUT2D eigenvalue weighted by atomic mass is 32.1. The second-order valence-electron chi connectivity index (χ2n) is 5.95. The number of benzene rings is 2. The number of carbonyl (C=O) groups excluding carboxylic acids is 2. The first-order valence-electron chi connectivity index (χ1n) is 8.45. The number of hydrogen-bond donors (Lipinski definition) is 1. The van der Waals surface area contributed by atoms with E-state index in [-0.39, 0.29) is 18.3 Å². The number of ketones is 1. The molecule has 1 heterocycles. The van der Waals surface area contributed by atoms with Crippen LogP contribution in [0.2, 0.25) is 0 Å². The number of anilines is 1. The van der Waals surface area contributed by atoms with Crippen molar-refractivity contribution in [3.05, 3.63) is 88.1 Å². The van der Waals surface area contributed by atoms with Crippen molar-refractivity contribution in [1.29, 1.82) is 0 Å². The van der Waals surface area contributed by atoms with Gasteiger partial charge in [-0.05, 0) is 54.3 Å². The van der Waals surface area contributed by atoms with E-state index < -0.39 is 0 Å². The van der Waals surface area contributed by atoms with Crippen molar-refractivity contribution in [1.82, 2.24) is 0 Å². The summed E-state index contributed by atoms with van der Waals surface area (Å²) in [6.07, 6.45) is 3.31. The van der Waals surface area contributed by atoms with E-state index in [0.717, 1.165) is 16.8 Å². The number of rotatable bonds is 7. The molecule has 0 aliphatic heterocycles. The molecule has 3 aromatic rings. The van der Waals surface area contributed by atoms with Gasteiger partial charge in [-0.1, -0.05) is 42.0 Å². The first kappa shape index (κ1) is 18.6.